The van der Waals surface area contributed by atoms with E-state index in [0.29, 0.717) is 0 Å². The zero-order valence-electron chi connectivity index (χ0n) is 7.99. The molecule has 1 amide bonds. The highest BCUT2D eigenvalue weighted by Crippen LogP contribution is 2.18. The van der Waals surface area contributed by atoms with Gasteiger partial charge >= 0.3 is 0 Å². The average Bonchev–Trinajstić information content (AvgIpc) is 2.08. The lowest BCUT2D eigenvalue weighted by Gasteiger charge is -2.26. The minimum absolute atomic E-state index is 0.0959. The predicted octanol–water partition coefficient (Wildman–Crippen LogP) is -0.247. The first kappa shape index (κ1) is 10.5. The minimum atomic E-state index is -0.438. The van der Waals surface area contributed by atoms with Crippen molar-refractivity contribution >= 4 is 5.91 Å². The van der Waals surface area contributed by atoms with E-state index in [1.807, 2.05) is 0 Å². The molecule has 0 aromatic rings. The fourth-order valence-electron chi connectivity index (χ4n) is 1.55. The van der Waals surface area contributed by atoms with E-state index in [4.69, 9.17) is 5.73 Å². The molecule has 1 saturated carbocycles. The number of aliphatic hydroxyl groups excluding tert-OH is 1. The van der Waals surface area contributed by atoms with Crippen molar-refractivity contribution in [1.82, 2.24) is 5.32 Å². The molecule has 4 nitrogen and oxygen atoms in total. The van der Waals surface area contributed by atoms with Crippen molar-refractivity contribution < 1.29 is 9.90 Å². The second-order valence-electron chi connectivity index (χ2n) is 3.80. The van der Waals surface area contributed by atoms with Crippen molar-refractivity contribution in [3.8, 4) is 0 Å². The van der Waals surface area contributed by atoms with Crippen molar-refractivity contribution in [3.05, 3.63) is 0 Å². The van der Waals surface area contributed by atoms with Crippen molar-refractivity contribution in [2.75, 3.05) is 0 Å². The molecule has 1 unspecified atom stereocenters. The molecule has 76 valence electrons. The van der Waals surface area contributed by atoms with Crippen LogP contribution in [0.1, 0.15) is 32.6 Å². The highest BCUT2D eigenvalue weighted by atomic mass is 16.3. The number of rotatable bonds is 2. The van der Waals surface area contributed by atoms with E-state index >= 15 is 0 Å². The van der Waals surface area contributed by atoms with Gasteiger partial charge in [-0.05, 0) is 32.6 Å². The van der Waals surface area contributed by atoms with Gasteiger partial charge in [0.25, 0.3) is 0 Å². The lowest BCUT2D eigenvalue weighted by Crippen LogP contribution is -2.45. The summed E-state index contributed by atoms with van der Waals surface area (Å²) >= 11 is 0. The molecule has 1 fully saturated rings. The van der Waals surface area contributed by atoms with Crippen molar-refractivity contribution in [2.45, 2.75) is 50.8 Å². The van der Waals surface area contributed by atoms with Gasteiger partial charge in [0.2, 0.25) is 5.91 Å². The van der Waals surface area contributed by atoms with Crippen LogP contribution in [0, 0.1) is 0 Å². The maximum Gasteiger partial charge on any atom is 0.236 e. The van der Waals surface area contributed by atoms with Gasteiger partial charge in [-0.3, -0.25) is 4.79 Å². The molecule has 1 aliphatic rings. The van der Waals surface area contributed by atoms with Crippen LogP contribution in [0.15, 0.2) is 0 Å². The summed E-state index contributed by atoms with van der Waals surface area (Å²) in [5, 5.41) is 12.1. The first-order valence-corrected chi connectivity index (χ1v) is 4.83. The Morgan fingerprint density at radius 3 is 2.46 bits per heavy atom. The van der Waals surface area contributed by atoms with Crippen molar-refractivity contribution in [3.63, 3.8) is 0 Å². The van der Waals surface area contributed by atoms with E-state index < -0.39 is 6.04 Å². The molecule has 0 heterocycles. The molecule has 0 radical (unpaired) electrons. The van der Waals surface area contributed by atoms with Crippen LogP contribution in [-0.4, -0.2) is 29.2 Å². The molecular formula is C9H18N2O2. The number of amides is 1. The summed E-state index contributed by atoms with van der Waals surface area (Å²) in [7, 11) is 0. The summed E-state index contributed by atoms with van der Waals surface area (Å²) in [6, 6.07) is -0.228. The van der Waals surface area contributed by atoms with E-state index in [9.17, 15) is 9.90 Å². The van der Waals surface area contributed by atoms with Gasteiger partial charge < -0.3 is 16.2 Å². The first-order valence-electron chi connectivity index (χ1n) is 4.83. The minimum Gasteiger partial charge on any atom is -0.393 e. The monoisotopic (exact) mass is 186 g/mol. The lowest BCUT2D eigenvalue weighted by molar-refractivity contribution is -0.123. The van der Waals surface area contributed by atoms with Gasteiger partial charge in [-0.15, -0.1) is 0 Å². The highest BCUT2D eigenvalue weighted by molar-refractivity contribution is 5.81. The Kier molecular flexibility index (Phi) is 3.69. The fraction of sp³-hybridized carbons (Fsp3) is 0.889. The maximum absolute atomic E-state index is 11.2. The molecule has 4 heteroatoms. The molecule has 0 bridgehead atoms. The predicted molar refractivity (Wildman–Crippen MR) is 50.1 cm³/mol. The van der Waals surface area contributed by atoms with Gasteiger partial charge in [-0.25, -0.2) is 0 Å². The topological polar surface area (TPSA) is 75.4 Å². The van der Waals surface area contributed by atoms with Crippen LogP contribution in [0.5, 0.6) is 0 Å². The Morgan fingerprint density at radius 1 is 1.46 bits per heavy atom. The summed E-state index contributed by atoms with van der Waals surface area (Å²) < 4.78 is 0. The first-order chi connectivity index (χ1) is 6.09. The number of hydrogen-bond acceptors (Lipinski definition) is 3. The van der Waals surface area contributed by atoms with Gasteiger partial charge in [0.05, 0.1) is 12.1 Å². The number of carbonyl (C=O) groups is 1. The molecule has 0 aromatic carbocycles. The molecule has 0 saturated heterocycles. The number of nitrogens with one attached hydrogen (secondary N) is 1. The van der Waals surface area contributed by atoms with Crippen LogP contribution < -0.4 is 11.1 Å². The van der Waals surface area contributed by atoms with Gasteiger partial charge in [0.15, 0.2) is 0 Å². The van der Waals surface area contributed by atoms with E-state index in [-0.39, 0.29) is 18.1 Å². The summed E-state index contributed by atoms with van der Waals surface area (Å²) in [6.45, 7) is 1.67. The van der Waals surface area contributed by atoms with E-state index in [1.165, 1.54) is 0 Å². The summed E-state index contributed by atoms with van der Waals surface area (Å²) in [5.74, 6) is -0.0959. The van der Waals surface area contributed by atoms with Crippen LogP contribution in [0.2, 0.25) is 0 Å². The van der Waals surface area contributed by atoms with E-state index in [0.717, 1.165) is 25.7 Å². The molecular weight excluding hydrogens is 168 g/mol. The quantitative estimate of drug-likeness (QED) is 0.557. The largest absolute Gasteiger partial charge is 0.393 e. The number of aliphatic hydroxyl groups is 1. The molecule has 0 aromatic heterocycles. The van der Waals surface area contributed by atoms with Gasteiger partial charge in [-0.2, -0.15) is 0 Å². The Labute approximate surface area is 78.5 Å². The molecule has 0 spiro atoms. The zero-order chi connectivity index (χ0) is 9.84. The Balaban J connectivity index is 2.26. The van der Waals surface area contributed by atoms with Crippen LogP contribution in [0.4, 0.5) is 0 Å². The highest BCUT2D eigenvalue weighted by Gasteiger charge is 2.21. The van der Waals surface area contributed by atoms with Gasteiger partial charge in [0.1, 0.15) is 0 Å². The number of nitrogens with two attached hydrogens (primary N) is 1. The number of hydrogen-bond donors (Lipinski definition) is 3. The zero-order valence-corrected chi connectivity index (χ0v) is 7.99. The average molecular weight is 186 g/mol. The van der Waals surface area contributed by atoms with Crippen LogP contribution in [0.25, 0.3) is 0 Å². The third-order valence-electron chi connectivity index (χ3n) is 2.46. The molecule has 1 aliphatic carbocycles. The Hall–Kier alpha value is -0.610. The molecule has 0 aliphatic heterocycles. The molecule has 13 heavy (non-hydrogen) atoms. The van der Waals surface area contributed by atoms with Gasteiger partial charge in [0, 0.05) is 6.04 Å². The SMILES string of the molecule is CC(N)C(=O)NC1CCC(O)CC1. The Bertz CT molecular complexity index is 174. The van der Waals surface area contributed by atoms with Gasteiger partial charge in [-0.1, -0.05) is 0 Å². The second-order valence-corrected chi connectivity index (χ2v) is 3.80. The second kappa shape index (κ2) is 4.58. The molecule has 1 rings (SSSR count). The van der Waals surface area contributed by atoms with E-state index in [1.54, 1.807) is 6.92 Å². The normalized spacial score (nSPS) is 31.0. The third kappa shape index (κ3) is 3.32. The molecule has 4 N–H and O–H groups in total. The van der Waals surface area contributed by atoms with Crippen LogP contribution in [0.3, 0.4) is 0 Å². The maximum atomic E-state index is 11.2. The van der Waals surface area contributed by atoms with Crippen molar-refractivity contribution in [1.29, 1.82) is 0 Å². The van der Waals surface area contributed by atoms with E-state index in [2.05, 4.69) is 5.32 Å². The molecule has 1 atom stereocenters. The van der Waals surface area contributed by atoms with Crippen LogP contribution >= 0.6 is 0 Å². The smallest absolute Gasteiger partial charge is 0.236 e. The fourth-order valence-corrected chi connectivity index (χ4v) is 1.55. The standard InChI is InChI=1S/C9H18N2O2/c1-6(10)9(13)11-7-2-4-8(12)5-3-7/h6-8,12H,2-5,10H2,1H3,(H,11,13). The summed E-state index contributed by atoms with van der Waals surface area (Å²) in [6.07, 6.45) is 3.11. The third-order valence-corrected chi connectivity index (χ3v) is 2.46. The number of carbonyl (C=O) groups excluding carboxylic acids is 1. The van der Waals surface area contributed by atoms with Crippen LogP contribution in [-0.2, 0) is 4.79 Å². The lowest BCUT2D eigenvalue weighted by atomic mass is 9.93. The summed E-state index contributed by atoms with van der Waals surface area (Å²) in [4.78, 5) is 11.2. The summed E-state index contributed by atoms with van der Waals surface area (Å²) in [5.41, 5.74) is 5.42. The van der Waals surface area contributed by atoms with Crippen molar-refractivity contribution in [2.24, 2.45) is 5.73 Å². The Morgan fingerprint density at radius 2 is 2.00 bits per heavy atom.